The fourth-order valence-electron chi connectivity index (χ4n) is 4.61. The van der Waals surface area contributed by atoms with Gasteiger partial charge in [0.1, 0.15) is 5.56 Å². The number of amides is 1. The smallest absolute Gasteiger partial charge is 0.345 e. The zero-order valence-corrected chi connectivity index (χ0v) is 19.2. The summed E-state index contributed by atoms with van der Waals surface area (Å²) in [7, 11) is 1.67. The summed E-state index contributed by atoms with van der Waals surface area (Å²) in [6, 6.07) is 7.60. The second-order valence-electron chi connectivity index (χ2n) is 8.29. The predicted molar refractivity (Wildman–Crippen MR) is 124 cm³/mol. The monoisotopic (exact) mass is 443 g/mol. The highest BCUT2D eigenvalue weighted by atomic mass is 32.2. The molecular weight excluding hydrogens is 414 g/mol. The molecule has 2 aromatic rings. The van der Waals surface area contributed by atoms with Crippen molar-refractivity contribution in [2.45, 2.75) is 31.4 Å². The minimum Gasteiger partial charge on any atom is -0.462 e. The van der Waals surface area contributed by atoms with Gasteiger partial charge in [-0.25, -0.2) is 4.79 Å². The number of fused-ring (bicyclic) bond motifs is 1. The van der Waals surface area contributed by atoms with Crippen LogP contribution in [0.3, 0.4) is 0 Å². The Morgan fingerprint density at radius 1 is 1.16 bits per heavy atom. The van der Waals surface area contributed by atoms with Gasteiger partial charge in [-0.1, -0.05) is 18.2 Å². The topological polar surface area (TPSA) is 71.8 Å². The molecule has 1 amide bonds. The van der Waals surface area contributed by atoms with Crippen LogP contribution in [0.25, 0.3) is 10.9 Å². The van der Waals surface area contributed by atoms with Crippen molar-refractivity contribution in [3.8, 4) is 0 Å². The Morgan fingerprint density at radius 3 is 2.52 bits per heavy atom. The second kappa shape index (κ2) is 8.57. The molecule has 2 saturated heterocycles. The van der Waals surface area contributed by atoms with Gasteiger partial charge in [-0.05, 0) is 38.5 Å². The van der Waals surface area contributed by atoms with E-state index in [-0.39, 0.29) is 28.4 Å². The lowest BCUT2D eigenvalue weighted by molar-refractivity contribution is -0.133. The molecule has 0 aliphatic carbocycles. The Labute approximate surface area is 186 Å². The lowest BCUT2D eigenvalue weighted by Gasteiger charge is -2.40. The minimum absolute atomic E-state index is 0.0705. The lowest BCUT2D eigenvalue weighted by Crippen LogP contribution is -2.54. The lowest BCUT2D eigenvalue weighted by atomic mass is 10.0. The number of ether oxygens (including phenoxy) is 1. The number of pyridine rings is 1. The average molecular weight is 444 g/mol. The number of carbonyl (C=O) groups excluding carboxylic acids is 2. The van der Waals surface area contributed by atoms with Gasteiger partial charge in [0.2, 0.25) is 5.91 Å². The van der Waals surface area contributed by atoms with E-state index in [1.54, 1.807) is 25.7 Å². The van der Waals surface area contributed by atoms with Gasteiger partial charge in [0.25, 0.3) is 5.56 Å². The van der Waals surface area contributed by atoms with E-state index in [1.807, 2.05) is 36.1 Å². The van der Waals surface area contributed by atoms with Gasteiger partial charge in [0, 0.05) is 38.6 Å². The third-order valence-corrected chi connectivity index (χ3v) is 7.82. The molecular formula is C23H29N3O4S. The first-order chi connectivity index (χ1) is 14.9. The average Bonchev–Trinajstić information content (AvgIpc) is 3.23. The molecule has 1 aromatic heterocycles. The van der Waals surface area contributed by atoms with Crippen molar-refractivity contribution in [1.29, 1.82) is 0 Å². The fourth-order valence-corrected chi connectivity index (χ4v) is 5.89. The fraction of sp³-hybridized carbons (Fsp3) is 0.522. The molecule has 1 atom stereocenters. The Hall–Kier alpha value is -2.48. The minimum atomic E-state index is -0.600. The van der Waals surface area contributed by atoms with E-state index in [4.69, 9.17) is 4.74 Å². The van der Waals surface area contributed by atoms with Crippen LogP contribution >= 0.6 is 11.8 Å². The molecule has 0 N–H and O–H groups in total. The zero-order chi connectivity index (χ0) is 22.2. The maximum atomic E-state index is 13.1. The SMILES string of the molecule is CCOC(=O)c1c(N2CCN(C(=O)[C@@]3(C)CCCS3)CC2)c2ccccc2n(C)c1=O. The first-order valence-electron chi connectivity index (χ1n) is 10.8. The van der Waals surface area contributed by atoms with Gasteiger partial charge in [-0.15, -0.1) is 11.8 Å². The van der Waals surface area contributed by atoms with E-state index < -0.39 is 5.97 Å². The van der Waals surface area contributed by atoms with Crippen LogP contribution in [-0.2, 0) is 16.6 Å². The van der Waals surface area contributed by atoms with Crippen molar-refractivity contribution in [3.05, 3.63) is 40.2 Å². The summed E-state index contributed by atoms with van der Waals surface area (Å²) in [5.41, 5.74) is 1.09. The van der Waals surface area contributed by atoms with E-state index >= 15 is 0 Å². The molecule has 4 rings (SSSR count). The number of esters is 1. The summed E-state index contributed by atoms with van der Waals surface area (Å²) < 4.78 is 6.42. The molecule has 8 heteroatoms. The molecule has 0 saturated carbocycles. The first-order valence-corrected chi connectivity index (χ1v) is 11.8. The number of anilines is 1. The third-order valence-electron chi connectivity index (χ3n) is 6.31. The summed E-state index contributed by atoms with van der Waals surface area (Å²) in [6.07, 6.45) is 2.00. The van der Waals surface area contributed by atoms with Crippen molar-refractivity contribution in [2.75, 3.05) is 43.4 Å². The van der Waals surface area contributed by atoms with Crippen LogP contribution in [0.5, 0.6) is 0 Å². The quantitative estimate of drug-likeness (QED) is 0.677. The van der Waals surface area contributed by atoms with Crippen LogP contribution in [0.4, 0.5) is 5.69 Å². The Kier molecular flexibility index (Phi) is 6.01. The van der Waals surface area contributed by atoms with Gasteiger partial charge in [0.05, 0.1) is 22.6 Å². The number of carbonyl (C=O) groups is 2. The molecule has 1 aromatic carbocycles. The summed E-state index contributed by atoms with van der Waals surface area (Å²) in [5, 5.41) is 0.839. The third kappa shape index (κ3) is 3.82. The highest BCUT2D eigenvalue weighted by molar-refractivity contribution is 8.01. The van der Waals surface area contributed by atoms with E-state index in [1.165, 1.54) is 4.57 Å². The number of aromatic nitrogens is 1. The van der Waals surface area contributed by atoms with Gasteiger partial charge in [0.15, 0.2) is 0 Å². The van der Waals surface area contributed by atoms with Crippen LogP contribution < -0.4 is 10.5 Å². The zero-order valence-electron chi connectivity index (χ0n) is 18.3. The van der Waals surface area contributed by atoms with Gasteiger partial charge < -0.3 is 19.1 Å². The van der Waals surface area contributed by atoms with E-state index in [2.05, 4.69) is 4.90 Å². The Balaban J connectivity index is 1.69. The van der Waals surface area contributed by atoms with Crippen LogP contribution in [0.15, 0.2) is 29.1 Å². The number of benzene rings is 1. The number of hydrogen-bond acceptors (Lipinski definition) is 6. The summed E-state index contributed by atoms with van der Waals surface area (Å²) in [5.74, 6) is 0.635. The van der Waals surface area contributed by atoms with E-state index in [0.29, 0.717) is 31.9 Å². The molecule has 2 aliphatic heterocycles. The number of piperazine rings is 1. The van der Waals surface area contributed by atoms with Crippen molar-refractivity contribution >= 4 is 40.2 Å². The number of nitrogens with zero attached hydrogens (tertiary/aromatic N) is 3. The maximum absolute atomic E-state index is 13.1. The normalized spacial score (nSPS) is 21.5. The van der Waals surface area contributed by atoms with Gasteiger partial charge in [-0.2, -0.15) is 0 Å². The molecule has 166 valence electrons. The molecule has 0 radical (unpaired) electrons. The van der Waals surface area contributed by atoms with Crippen molar-refractivity contribution in [2.24, 2.45) is 7.05 Å². The Morgan fingerprint density at radius 2 is 1.87 bits per heavy atom. The highest BCUT2D eigenvalue weighted by Crippen LogP contribution is 2.39. The van der Waals surface area contributed by atoms with Crippen molar-refractivity contribution in [3.63, 3.8) is 0 Å². The maximum Gasteiger partial charge on any atom is 0.345 e. The standard InChI is InChI=1S/C23H29N3O4S/c1-4-30-21(28)18-19(16-8-5-6-9-17(16)24(3)20(18)27)25-11-13-26(14-12-25)22(29)23(2)10-7-15-31-23/h5-6,8-9H,4,7,10-15H2,1-3H3/t23-/m1/s1. The van der Waals surface area contributed by atoms with Crippen LogP contribution in [0.2, 0.25) is 0 Å². The largest absolute Gasteiger partial charge is 0.462 e. The van der Waals surface area contributed by atoms with Crippen LogP contribution in [-0.4, -0.2) is 64.6 Å². The number of thioether (sulfide) groups is 1. The van der Waals surface area contributed by atoms with E-state index in [9.17, 15) is 14.4 Å². The second-order valence-corrected chi connectivity index (χ2v) is 9.89. The number of rotatable bonds is 4. The van der Waals surface area contributed by atoms with Gasteiger partial charge >= 0.3 is 5.97 Å². The van der Waals surface area contributed by atoms with Crippen molar-refractivity contribution in [1.82, 2.24) is 9.47 Å². The van der Waals surface area contributed by atoms with Crippen molar-refractivity contribution < 1.29 is 14.3 Å². The first kappa shape index (κ1) is 21.7. The van der Waals surface area contributed by atoms with E-state index in [0.717, 1.165) is 29.5 Å². The molecule has 0 spiro atoms. The number of aryl methyl sites for hydroxylation is 1. The number of para-hydroxylation sites is 1. The summed E-state index contributed by atoms with van der Waals surface area (Å²) in [4.78, 5) is 43.0. The molecule has 2 fully saturated rings. The Bertz CT molecular complexity index is 1070. The molecule has 0 bridgehead atoms. The predicted octanol–water partition coefficient (Wildman–Crippen LogP) is 2.65. The summed E-state index contributed by atoms with van der Waals surface area (Å²) >= 11 is 1.75. The molecule has 3 heterocycles. The molecule has 31 heavy (non-hydrogen) atoms. The van der Waals surface area contributed by atoms with Crippen LogP contribution in [0, 0.1) is 0 Å². The molecule has 2 aliphatic rings. The molecule has 7 nitrogen and oxygen atoms in total. The summed E-state index contributed by atoms with van der Waals surface area (Å²) in [6.45, 7) is 6.25. The molecule has 0 unspecified atom stereocenters. The van der Waals surface area contributed by atoms with Crippen LogP contribution in [0.1, 0.15) is 37.0 Å². The number of hydrogen-bond donors (Lipinski definition) is 0. The highest BCUT2D eigenvalue weighted by Gasteiger charge is 2.41. The van der Waals surface area contributed by atoms with Gasteiger partial charge in [-0.3, -0.25) is 9.59 Å².